The summed E-state index contributed by atoms with van der Waals surface area (Å²) in [6.45, 7) is 8.60. The Labute approximate surface area is 121 Å². The third kappa shape index (κ3) is 3.67. The lowest BCUT2D eigenvalue weighted by atomic mass is 9.87. The minimum atomic E-state index is 0.0982. The summed E-state index contributed by atoms with van der Waals surface area (Å²) in [5, 5.41) is 8.49. The molecule has 0 amide bonds. The van der Waals surface area contributed by atoms with E-state index in [1.165, 1.54) is 0 Å². The zero-order chi connectivity index (χ0) is 14.8. The molecule has 0 aliphatic rings. The fourth-order valence-corrected chi connectivity index (χ4v) is 2.54. The number of benzene rings is 1. The van der Waals surface area contributed by atoms with Gasteiger partial charge in [-0.2, -0.15) is 0 Å². The highest BCUT2D eigenvalue weighted by Crippen LogP contribution is 2.22. The van der Waals surface area contributed by atoms with Gasteiger partial charge in [0, 0.05) is 18.2 Å². The molecular weight excluding hydrogens is 248 g/mol. The molecule has 108 valence electrons. The molecule has 0 spiro atoms. The van der Waals surface area contributed by atoms with Crippen molar-refractivity contribution in [2.45, 2.75) is 46.6 Å². The molecular formula is C16H24N4. The van der Waals surface area contributed by atoms with E-state index in [-0.39, 0.29) is 11.5 Å². The zero-order valence-corrected chi connectivity index (χ0v) is 12.8. The third-order valence-electron chi connectivity index (χ3n) is 3.23. The SMILES string of the molecule is Cc1nnc(CC(N)CC(C)(C)C)n1-c1ccccc1. The third-order valence-corrected chi connectivity index (χ3v) is 3.23. The molecule has 1 atom stereocenters. The summed E-state index contributed by atoms with van der Waals surface area (Å²) in [6, 6.07) is 10.3. The summed E-state index contributed by atoms with van der Waals surface area (Å²) < 4.78 is 2.09. The second-order valence-electron chi connectivity index (χ2n) is 6.56. The van der Waals surface area contributed by atoms with Gasteiger partial charge in [-0.1, -0.05) is 39.0 Å². The molecule has 2 N–H and O–H groups in total. The molecule has 0 bridgehead atoms. The van der Waals surface area contributed by atoms with Crippen LogP contribution in [0.15, 0.2) is 30.3 Å². The lowest BCUT2D eigenvalue weighted by Gasteiger charge is -2.23. The molecule has 4 heteroatoms. The first-order valence-electron chi connectivity index (χ1n) is 7.09. The molecule has 0 saturated carbocycles. The van der Waals surface area contributed by atoms with Crippen LogP contribution in [0, 0.1) is 12.3 Å². The van der Waals surface area contributed by atoms with E-state index in [2.05, 4.69) is 47.7 Å². The molecule has 2 aromatic rings. The fraction of sp³-hybridized carbons (Fsp3) is 0.500. The van der Waals surface area contributed by atoms with Crippen LogP contribution in [0.5, 0.6) is 0 Å². The van der Waals surface area contributed by atoms with Crippen LogP contribution in [-0.2, 0) is 6.42 Å². The monoisotopic (exact) mass is 272 g/mol. The quantitative estimate of drug-likeness (QED) is 0.931. The van der Waals surface area contributed by atoms with Gasteiger partial charge in [0.15, 0.2) is 0 Å². The van der Waals surface area contributed by atoms with Gasteiger partial charge in [-0.25, -0.2) is 0 Å². The Bertz CT molecular complexity index is 552. The van der Waals surface area contributed by atoms with Crippen molar-refractivity contribution in [1.82, 2.24) is 14.8 Å². The van der Waals surface area contributed by atoms with E-state index in [4.69, 9.17) is 5.73 Å². The smallest absolute Gasteiger partial charge is 0.139 e. The number of para-hydroxylation sites is 1. The van der Waals surface area contributed by atoms with E-state index < -0.39 is 0 Å². The molecule has 1 unspecified atom stereocenters. The van der Waals surface area contributed by atoms with Crippen LogP contribution < -0.4 is 5.73 Å². The Morgan fingerprint density at radius 3 is 2.40 bits per heavy atom. The second-order valence-corrected chi connectivity index (χ2v) is 6.56. The molecule has 1 heterocycles. The van der Waals surface area contributed by atoms with Gasteiger partial charge >= 0.3 is 0 Å². The predicted octanol–water partition coefficient (Wildman–Crippen LogP) is 2.88. The van der Waals surface area contributed by atoms with Gasteiger partial charge in [0.2, 0.25) is 0 Å². The average molecular weight is 272 g/mol. The summed E-state index contributed by atoms with van der Waals surface area (Å²) in [5.41, 5.74) is 7.59. The largest absolute Gasteiger partial charge is 0.327 e. The van der Waals surface area contributed by atoms with Crippen molar-refractivity contribution in [3.05, 3.63) is 42.0 Å². The molecule has 1 aromatic heterocycles. The van der Waals surface area contributed by atoms with Crippen LogP contribution in [0.2, 0.25) is 0 Å². The highest BCUT2D eigenvalue weighted by atomic mass is 15.3. The number of nitrogens with zero attached hydrogens (tertiary/aromatic N) is 3. The van der Waals surface area contributed by atoms with Crippen molar-refractivity contribution in [3.8, 4) is 5.69 Å². The lowest BCUT2D eigenvalue weighted by molar-refractivity contribution is 0.336. The number of aryl methyl sites for hydroxylation is 1. The summed E-state index contributed by atoms with van der Waals surface area (Å²) >= 11 is 0. The number of rotatable bonds is 4. The van der Waals surface area contributed by atoms with E-state index in [9.17, 15) is 0 Å². The Balaban J connectivity index is 2.22. The van der Waals surface area contributed by atoms with Gasteiger partial charge in [0.1, 0.15) is 11.6 Å². The van der Waals surface area contributed by atoms with E-state index in [0.717, 1.165) is 30.2 Å². The standard InChI is InChI=1S/C16H24N4/c1-12-18-19-15(10-13(17)11-16(2,3)4)20(12)14-8-6-5-7-9-14/h5-9,13H,10-11,17H2,1-4H3. The normalized spacial score (nSPS) is 13.4. The first-order chi connectivity index (χ1) is 9.37. The van der Waals surface area contributed by atoms with E-state index >= 15 is 0 Å². The highest BCUT2D eigenvalue weighted by Gasteiger charge is 2.19. The molecule has 0 radical (unpaired) electrons. The predicted molar refractivity (Wildman–Crippen MR) is 81.8 cm³/mol. The van der Waals surface area contributed by atoms with Crippen molar-refractivity contribution in [2.24, 2.45) is 11.1 Å². The molecule has 0 aliphatic carbocycles. The van der Waals surface area contributed by atoms with Gasteiger partial charge in [-0.05, 0) is 30.9 Å². The second kappa shape index (κ2) is 5.75. The van der Waals surface area contributed by atoms with E-state index in [0.29, 0.717) is 0 Å². The van der Waals surface area contributed by atoms with Gasteiger partial charge < -0.3 is 5.73 Å². The van der Waals surface area contributed by atoms with Crippen molar-refractivity contribution < 1.29 is 0 Å². The minimum Gasteiger partial charge on any atom is -0.327 e. The van der Waals surface area contributed by atoms with Crippen molar-refractivity contribution >= 4 is 0 Å². The van der Waals surface area contributed by atoms with Crippen molar-refractivity contribution in [1.29, 1.82) is 0 Å². The summed E-state index contributed by atoms with van der Waals surface area (Å²) in [5.74, 6) is 1.83. The fourth-order valence-electron chi connectivity index (χ4n) is 2.54. The van der Waals surface area contributed by atoms with Gasteiger partial charge in [0.05, 0.1) is 0 Å². The number of hydrogen-bond acceptors (Lipinski definition) is 3. The first kappa shape index (κ1) is 14.7. The summed E-state index contributed by atoms with van der Waals surface area (Å²) in [6.07, 6.45) is 1.71. The molecule has 0 fully saturated rings. The van der Waals surface area contributed by atoms with Crippen molar-refractivity contribution in [3.63, 3.8) is 0 Å². The molecule has 4 nitrogen and oxygen atoms in total. The first-order valence-corrected chi connectivity index (χ1v) is 7.09. The van der Waals surface area contributed by atoms with Gasteiger partial charge in [-0.15, -0.1) is 10.2 Å². The topological polar surface area (TPSA) is 56.7 Å². The highest BCUT2D eigenvalue weighted by molar-refractivity contribution is 5.33. The maximum atomic E-state index is 6.27. The van der Waals surface area contributed by atoms with E-state index in [1.807, 2.05) is 25.1 Å². The maximum absolute atomic E-state index is 6.27. The molecule has 2 rings (SSSR count). The molecule has 0 aliphatic heterocycles. The number of aromatic nitrogens is 3. The summed E-state index contributed by atoms with van der Waals surface area (Å²) in [4.78, 5) is 0. The number of nitrogens with two attached hydrogens (primary N) is 1. The van der Waals surface area contributed by atoms with Crippen LogP contribution in [-0.4, -0.2) is 20.8 Å². The average Bonchev–Trinajstić information content (AvgIpc) is 2.69. The van der Waals surface area contributed by atoms with E-state index in [1.54, 1.807) is 0 Å². The molecule has 20 heavy (non-hydrogen) atoms. The maximum Gasteiger partial charge on any atom is 0.139 e. The van der Waals surface area contributed by atoms with Crippen molar-refractivity contribution in [2.75, 3.05) is 0 Å². The van der Waals surface area contributed by atoms with Gasteiger partial charge in [0.25, 0.3) is 0 Å². The van der Waals surface area contributed by atoms with Gasteiger partial charge in [-0.3, -0.25) is 4.57 Å². The zero-order valence-electron chi connectivity index (χ0n) is 12.8. The van der Waals surface area contributed by atoms with Crippen LogP contribution in [0.25, 0.3) is 5.69 Å². The lowest BCUT2D eigenvalue weighted by Crippen LogP contribution is -2.29. The van der Waals surface area contributed by atoms with Crippen LogP contribution in [0.1, 0.15) is 38.8 Å². The Morgan fingerprint density at radius 2 is 1.80 bits per heavy atom. The Hall–Kier alpha value is -1.68. The Morgan fingerprint density at radius 1 is 1.15 bits per heavy atom. The number of hydrogen-bond donors (Lipinski definition) is 1. The molecule has 0 saturated heterocycles. The van der Waals surface area contributed by atoms with Crippen LogP contribution >= 0.6 is 0 Å². The van der Waals surface area contributed by atoms with Crippen LogP contribution in [0.3, 0.4) is 0 Å². The Kier molecular flexibility index (Phi) is 4.23. The van der Waals surface area contributed by atoms with Crippen LogP contribution in [0.4, 0.5) is 0 Å². The molecule has 1 aromatic carbocycles. The minimum absolute atomic E-state index is 0.0982. The summed E-state index contributed by atoms with van der Waals surface area (Å²) in [7, 11) is 0.